The van der Waals surface area contributed by atoms with E-state index in [1.807, 2.05) is 0 Å². The molecule has 1 aromatic carbocycles. The Balaban J connectivity index is 1.76. The van der Waals surface area contributed by atoms with E-state index in [4.69, 9.17) is 10.5 Å². The van der Waals surface area contributed by atoms with E-state index >= 15 is 0 Å². The highest BCUT2D eigenvalue weighted by molar-refractivity contribution is 5.40. The molecule has 4 nitrogen and oxygen atoms in total. The predicted molar refractivity (Wildman–Crippen MR) is 83.7 cm³/mol. The van der Waals surface area contributed by atoms with E-state index in [-0.39, 0.29) is 17.4 Å². The molecule has 1 aliphatic heterocycles. The molecule has 7 heteroatoms. The molecule has 0 bridgehead atoms. The van der Waals surface area contributed by atoms with Crippen molar-refractivity contribution in [3.05, 3.63) is 29.3 Å². The number of nitrogens with two attached hydrogens (primary N) is 1. The molecule has 134 valence electrons. The van der Waals surface area contributed by atoms with Crippen molar-refractivity contribution in [1.29, 1.82) is 0 Å². The van der Waals surface area contributed by atoms with Crippen LogP contribution in [0.4, 0.5) is 13.2 Å². The van der Waals surface area contributed by atoms with E-state index in [9.17, 15) is 18.3 Å². The molecule has 3 rings (SSSR count). The van der Waals surface area contributed by atoms with Crippen molar-refractivity contribution in [3.8, 4) is 5.75 Å². The summed E-state index contributed by atoms with van der Waals surface area (Å²) in [4.78, 5) is 2.13. The van der Waals surface area contributed by atoms with Crippen LogP contribution in [0, 0.1) is 0 Å². The van der Waals surface area contributed by atoms with E-state index in [2.05, 4.69) is 4.90 Å². The Bertz CT molecular complexity index is 569. The number of aliphatic hydroxyl groups is 1. The quantitative estimate of drug-likeness (QED) is 0.833. The molecule has 1 heterocycles. The summed E-state index contributed by atoms with van der Waals surface area (Å²) in [6.07, 6.45) is -2.05. The molecule has 1 saturated heterocycles. The van der Waals surface area contributed by atoms with Crippen molar-refractivity contribution in [1.82, 2.24) is 4.90 Å². The molecule has 1 aromatic rings. The first-order chi connectivity index (χ1) is 11.3. The van der Waals surface area contributed by atoms with Crippen LogP contribution in [0.15, 0.2) is 18.2 Å². The Hall–Kier alpha value is -1.31. The third-order valence-corrected chi connectivity index (χ3v) is 4.54. The fourth-order valence-corrected chi connectivity index (χ4v) is 3.03. The first-order valence-corrected chi connectivity index (χ1v) is 8.38. The van der Waals surface area contributed by atoms with Crippen LogP contribution in [-0.2, 0) is 6.18 Å². The molecule has 1 saturated carbocycles. The summed E-state index contributed by atoms with van der Waals surface area (Å²) in [6.45, 7) is 2.31. The summed E-state index contributed by atoms with van der Waals surface area (Å²) in [5, 5.41) is 10.4. The minimum atomic E-state index is -4.53. The van der Waals surface area contributed by atoms with Crippen molar-refractivity contribution in [3.63, 3.8) is 0 Å². The van der Waals surface area contributed by atoms with Crippen molar-refractivity contribution in [2.45, 2.75) is 50.1 Å². The van der Waals surface area contributed by atoms with Gasteiger partial charge in [-0.25, -0.2) is 0 Å². The van der Waals surface area contributed by atoms with E-state index in [0.29, 0.717) is 6.54 Å². The molecule has 0 spiro atoms. The second kappa shape index (κ2) is 6.90. The molecule has 24 heavy (non-hydrogen) atoms. The van der Waals surface area contributed by atoms with Crippen molar-refractivity contribution in [2.75, 3.05) is 19.6 Å². The lowest BCUT2D eigenvalue weighted by molar-refractivity contribution is -0.139. The maximum atomic E-state index is 13.3. The van der Waals surface area contributed by atoms with Crippen LogP contribution in [0.25, 0.3) is 0 Å². The third-order valence-electron chi connectivity index (χ3n) is 4.54. The smallest absolute Gasteiger partial charge is 0.419 e. The number of aliphatic hydroxyl groups excluding tert-OH is 1. The number of halogens is 3. The standard InChI is InChI=1S/C17H23F3N2O2/c18-17(19,20)13-9-11(3-6-15(13)24-12-4-5-12)16(23)14(21)10-22-7-1-2-8-22/h3,6,9,12,14,16,23H,1-2,4-5,7-8,10,21H2/t14-,16?/m1/s1. The molecule has 2 fully saturated rings. The Kier molecular flexibility index (Phi) is 5.03. The molecule has 3 N–H and O–H groups in total. The summed E-state index contributed by atoms with van der Waals surface area (Å²) in [7, 11) is 0. The highest BCUT2D eigenvalue weighted by Gasteiger charge is 2.37. The van der Waals surface area contributed by atoms with Gasteiger partial charge < -0.3 is 20.5 Å². The number of ether oxygens (including phenoxy) is 1. The van der Waals surface area contributed by atoms with Gasteiger partial charge in [0.1, 0.15) is 5.75 Å². The molecule has 2 atom stereocenters. The summed E-state index contributed by atoms with van der Waals surface area (Å²) in [5.74, 6) is -0.172. The average molecular weight is 344 g/mol. The number of rotatable bonds is 6. The first-order valence-electron chi connectivity index (χ1n) is 8.38. The lowest BCUT2D eigenvalue weighted by Gasteiger charge is -2.25. The van der Waals surface area contributed by atoms with Crippen molar-refractivity contribution >= 4 is 0 Å². The van der Waals surface area contributed by atoms with Crippen LogP contribution in [0.5, 0.6) is 5.75 Å². The predicted octanol–water partition coefficient (Wildman–Crippen LogP) is 2.70. The van der Waals surface area contributed by atoms with Gasteiger partial charge in [-0.2, -0.15) is 13.2 Å². The molecular formula is C17H23F3N2O2. The summed E-state index contributed by atoms with van der Waals surface area (Å²) >= 11 is 0. The molecular weight excluding hydrogens is 321 g/mol. The van der Waals surface area contributed by atoms with E-state index in [0.717, 1.165) is 44.8 Å². The Morgan fingerprint density at radius 1 is 1.25 bits per heavy atom. The Labute approximate surface area is 139 Å². The van der Waals surface area contributed by atoms with Crippen LogP contribution >= 0.6 is 0 Å². The highest BCUT2D eigenvalue weighted by atomic mass is 19.4. The van der Waals surface area contributed by atoms with Gasteiger partial charge in [0.2, 0.25) is 0 Å². The fraction of sp³-hybridized carbons (Fsp3) is 0.647. The number of nitrogens with zero attached hydrogens (tertiary/aromatic N) is 1. The SMILES string of the molecule is N[C@H](CN1CCCC1)C(O)c1ccc(OC2CC2)c(C(F)(F)F)c1. The zero-order valence-corrected chi connectivity index (χ0v) is 13.4. The minimum Gasteiger partial charge on any atom is -0.490 e. The summed E-state index contributed by atoms with van der Waals surface area (Å²) in [5.41, 5.74) is 5.34. The molecule has 1 unspecified atom stereocenters. The zero-order chi connectivity index (χ0) is 17.3. The van der Waals surface area contributed by atoms with E-state index < -0.39 is 23.9 Å². The normalized spacial score (nSPS) is 21.7. The topological polar surface area (TPSA) is 58.7 Å². The zero-order valence-electron chi connectivity index (χ0n) is 13.4. The van der Waals surface area contributed by atoms with Crippen molar-refractivity contribution < 1.29 is 23.0 Å². The third kappa shape index (κ3) is 4.20. The van der Waals surface area contributed by atoms with Gasteiger partial charge in [0.15, 0.2) is 0 Å². The monoisotopic (exact) mass is 344 g/mol. The van der Waals surface area contributed by atoms with Crippen LogP contribution in [0.3, 0.4) is 0 Å². The van der Waals surface area contributed by atoms with Crippen LogP contribution in [0.2, 0.25) is 0 Å². The van der Waals surface area contributed by atoms with Gasteiger partial charge in [-0.15, -0.1) is 0 Å². The highest BCUT2D eigenvalue weighted by Crippen LogP contribution is 2.40. The van der Waals surface area contributed by atoms with Gasteiger partial charge in [-0.1, -0.05) is 6.07 Å². The number of likely N-dealkylation sites (tertiary alicyclic amines) is 1. The van der Waals surface area contributed by atoms with Gasteiger partial charge in [0, 0.05) is 12.6 Å². The van der Waals surface area contributed by atoms with Gasteiger partial charge in [-0.05, 0) is 56.5 Å². The number of hydrogen-bond acceptors (Lipinski definition) is 4. The van der Waals surface area contributed by atoms with Crippen LogP contribution in [0.1, 0.15) is 42.9 Å². The van der Waals surface area contributed by atoms with Gasteiger partial charge >= 0.3 is 6.18 Å². The molecule has 2 aliphatic rings. The maximum absolute atomic E-state index is 13.3. The van der Waals surface area contributed by atoms with Gasteiger partial charge in [0.25, 0.3) is 0 Å². The van der Waals surface area contributed by atoms with Gasteiger partial charge in [-0.3, -0.25) is 0 Å². The maximum Gasteiger partial charge on any atom is 0.419 e. The minimum absolute atomic E-state index is 0.126. The number of alkyl halides is 3. The molecule has 0 radical (unpaired) electrons. The Morgan fingerprint density at radius 3 is 2.50 bits per heavy atom. The van der Waals surface area contributed by atoms with Gasteiger partial charge in [0.05, 0.1) is 17.8 Å². The largest absolute Gasteiger partial charge is 0.490 e. The lowest BCUT2D eigenvalue weighted by Crippen LogP contribution is -2.40. The molecule has 0 aromatic heterocycles. The van der Waals surface area contributed by atoms with Crippen LogP contribution < -0.4 is 10.5 Å². The number of benzene rings is 1. The Morgan fingerprint density at radius 2 is 1.92 bits per heavy atom. The molecule has 1 aliphatic carbocycles. The fourth-order valence-electron chi connectivity index (χ4n) is 3.03. The number of hydrogen-bond donors (Lipinski definition) is 2. The van der Waals surface area contributed by atoms with Crippen molar-refractivity contribution in [2.24, 2.45) is 5.73 Å². The average Bonchev–Trinajstić information content (AvgIpc) is 3.19. The summed E-state index contributed by atoms with van der Waals surface area (Å²) < 4.78 is 45.2. The van der Waals surface area contributed by atoms with E-state index in [1.165, 1.54) is 12.1 Å². The summed E-state index contributed by atoms with van der Waals surface area (Å²) in [6, 6.07) is 3.11. The van der Waals surface area contributed by atoms with E-state index in [1.54, 1.807) is 0 Å². The van der Waals surface area contributed by atoms with Crippen LogP contribution in [-0.4, -0.2) is 41.8 Å². The second-order valence-electron chi connectivity index (χ2n) is 6.69. The second-order valence-corrected chi connectivity index (χ2v) is 6.69. The first kappa shape index (κ1) is 17.5. The lowest BCUT2D eigenvalue weighted by atomic mass is 9.99. The molecule has 0 amide bonds.